The summed E-state index contributed by atoms with van der Waals surface area (Å²) in [6.45, 7) is 8.53. The van der Waals surface area contributed by atoms with Gasteiger partial charge in [-0.1, -0.05) is 39.0 Å². The maximum atomic E-state index is 12.0. The number of thioether (sulfide) groups is 1. The molecule has 0 spiro atoms. The van der Waals surface area contributed by atoms with Crippen molar-refractivity contribution in [1.29, 1.82) is 0 Å². The fourth-order valence-corrected chi connectivity index (χ4v) is 3.92. The molecule has 1 aliphatic rings. The molecule has 0 aliphatic heterocycles. The molecule has 3 rings (SSSR count). The molecule has 7 heteroatoms. The predicted octanol–water partition coefficient (Wildman–Crippen LogP) is 4.75. The molecule has 1 fully saturated rings. The molecule has 0 atom stereocenters. The summed E-state index contributed by atoms with van der Waals surface area (Å²) in [5.74, 6) is 2.39. The molecule has 24 heavy (non-hydrogen) atoms. The Morgan fingerprint density at radius 2 is 2.12 bits per heavy atom. The Bertz CT molecular complexity index is 726. The van der Waals surface area contributed by atoms with Crippen molar-refractivity contribution in [3.63, 3.8) is 0 Å². The van der Waals surface area contributed by atoms with E-state index in [-0.39, 0.29) is 16.7 Å². The number of anilines is 1. The van der Waals surface area contributed by atoms with Gasteiger partial charge in [0, 0.05) is 11.8 Å². The van der Waals surface area contributed by atoms with Gasteiger partial charge in [-0.15, -0.1) is 11.8 Å². The first kappa shape index (κ1) is 17.5. The van der Waals surface area contributed by atoms with E-state index in [1.54, 1.807) is 18.0 Å². The van der Waals surface area contributed by atoms with Crippen molar-refractivity contribution in [2.75, 3.05) is 5.32 Å². The number of amides is 1. The van der Waals surface area contributed by atoms with Crippen molar-refractivity contribution in [1.82, 2.24) is 9.97 Å². The Morgan fingerprint density at radius 3 is 2.79 bits per heavy atom. The first-order valence-electron chi connectivity index (χ1n) is 8.07. The lowest BCUT2D eigenvalue weighted by molar-refractivity contribution is -0.120. The molecule has 1 amide bonds. The second-order valence-corrected chi connectivity index (χ2v) is 10.1. The minimum absolute atomic E-state index is 0.0768. The Hall–Kier alpha value is -1.34. The first-order valence-corrected chi connectivity index (χ1v) is 9.87. The molecule has 1 N–H and O–H groups in total. The van der Waals surface area contributed by atoms with Gasteiger partial charge in [0.15, 0.2) is 5.13 Å². The number of carbonyl (C=O) groups is 1. The normalized spacial score (nSPS) is 16.2. The van der Waals surface area contributed by atoms with E-state index < -0.39 is 0 Å². The SMILES string of the molecule is CC(C)(C)Cc1cnc(CSc2cnc(NC(=O)C3(C)CC3)s2)o1. The molecule has 1 saturated carbocycles. The zero-order valence-corrected chi connectivity index (χ0v) is 16.1. The molecule has 2 aromatic rings. The molecular formula is C17H23N3O2S2. The summed E-state index contributed by atoms with van der Waals surface area (Å²) in [4.78, 5) is 20.6. The van der Waals surface area contributed by atoms with Gasteiger partial charge in [0.05, 0.1) is 22.4 Å². The lowest BCUT2D eigenvalue weighted by Gasteiger charge is -2.15. The number of nitrogens with one attached hydrogen (secondary N) is 1. The number of hydrogen-bond acceptors (Lipinski definition) is 6. The summed E-state index contributed by atoms with van der Waals surface area (Å²) in [6, 6.07) is 0. The summed E-state index contributed by atoms with van der Waals surface area (Å²) >= 11 is 3.12. The lowest BCUT2D eigenvalue weighted by atomic mass is 9.91. The molecule has 2 heterocycles. The number of aromatic nitrogens is 2. The molecule has 0 aromatic carbocycles. The van der Waals surface area contributed by atoms with E-state index in [1.807, 2.05) is 13.1 Å². The van der Waals surface area contributed by atoms with Gasteiger partial charge in [0.25, 0.3) is 0 Å². The topological polar surface area (TPSA) is 68.0 Å². The fourth-order valence-electron chi connectivity index (χ4n) is 2.20. The highest BCUT2D eigenvalue weighted by atomic mass is 32.2. The third-order valence-corrected chi connectivity index (χ3v) is 5.99. The second-order valence-electron chi connectivity index (χ2n) is 7.75. The highest BCUT2D eigenvalue weighted by Crippen LogP contribution is 2.46. The maximum Gasteiger partial charge on any atom is 0.232 e. The second kappa shape index (κ2) is 6.52. The van der Waals surface area contributed by atoms with Crippen molar-refractivity contribution in [3.8, 4) is 0 Å². The molecule has 130 valence electrons. The van der Waals surface area contributed by atoms with Crippen LogP contribution in [0.3, 0.4) is 0 Å². The fraction of sp³-hybridized carbons (Fsp3) is 0.588. The van der Waals surface area contributed by atoms with Gasteiger partial charge < -0.3 is 9.73 Å². The van der Waals surface area contributed by atoms with Gasteiger partial charge in [-0.2, -0.15) is 0 Å². The molecule has 2 aromatic heterocycles. The van der Waals surface area contributed by atoms with Gasteiger partial charge in [0.1, 0.15) is 5.76 Å². The van der Waals surface area contributed by atoms with Crippen molar-refractivity contribution < 1.29 is 9.21 Å². The third kappa shape index (κ3) is 4.60. The van der Waals surface area contributed by atoms with E-state index in [9.17, 15) is 4.79 Å². The van der Waals surface area contributed by atoms with Crippen LogP contribution >= 0.6 is 23.1 Å². The van der Waals surface area contributed by atoms with Crippen LogP contribution in [0.1, 0.15) is 52.2 Å². The largest absolute Gasteiger partial charge is 0.445 e. The molecule has 0 radical (unpaired) electrons. The Kier molecular flexibility index (Phi) is 4.75. The number of hydrogen-bond donors (Lipinski definition) is 1. The standard InChI is InChI=1S/C17H23N3O2S2/c1-16(2,3)7-11-8-18-12(22-11)10-23-13-9-19-15(24-13)20-14(21)17(4)5-6-17/h8-9H,5-7,10H2,1-4H3,(H,19,20,21). The molecule has 5 nitrogen and oxygen atoms in total. The van der Waals surface area contributed by atoms with Crippen LogP contribution in [0, 0.1) is 10.8 Å². The number of rotatable bonds is 6. The molecule has 0 saturated heterocycles. The zero-order chi connectivity index (χ0) is 17.4. The van der Waals surface area contributed by atoms with Crippen molar-refractivity contribution >= 4 is 34.1 Å². The van der Waals surface area contributed by atoms with Crippen LogP contribution < -0.4 is 5.32 Å². The number of oxazole rings is 1. The van der Waals surface area contributed by atoms with Crippen LogP contribution in [0.2, 0.25) is 0 Å². The van der Waals surface area contributed by atoms with Gasteiger partial charge in [-0.25, -0.2) is 9.97 Å². The van der Waals surface area contributed by atoms with Gasteiger partial charge in [-0.3, -0.25) is 4.79 Å². The van der Waals surface area contributed by atoms with E-state index in [2.05, 4.69) is 36.1 Å². The summed E-state index contributed by atoms with van der Waals surface area (Å²) in [7, 11) is 0. The average Bonchev–Trinajstić information content (AvgIpc) is 2.90. The van der Waals surface area contributed by atoms with E-state index in [1.165, 1.54) is 11.3 Å². The van der Waals surface area contributed by atoms with Crippen LogP contribution in [0.5, 0.6) is 0 Å². The van der Waals surface area contributed by atoms with Gasteiger partial charge in [0.2, 0.25) is 11.8 Å². The Balaban J connectivity index is 1.51. The van der Waals surface area contributed by atoms with Gasteiger partial charge >= 0.3 is 0 Å². The monoisotopic (exact) mass is 365 g/mol. The van der Waals surface area contributed by atoms with Crippen LogP contribution in [0.25, 0.3) is 0 Å². The zero-order valence-electron chi connectivity index (χ0n) is 14.5. The van der Waals surface area contributed by atoms with Crippen molar-refractivity contribution in [2.45, 2.75) is 56.9 Å². The number of carbonyl (C=O) groups excluding carboxylic acids is 1. The number of nitrogens with zero attached hydrogens (tertiary/aromatic N) is 2. The Labute approximate surface area is 150 Å². The maximum absolute atomic E-state index is 12.0. The molecule has 0 unspecified atom stereocenters. The minimum atomic E-state index is -0.180. The number of thiazole rings is 1. The molecule has 0 bridgehead atoms. The summed E-state index contributed by atoms with van der Waals surface area (Å²) in [6.07, 6.45) is 6.41. The van der Waals surface area contributed by atoms with E-state index in [0.29, 0.717) is 10.9 Å². The van der Waals surface area contributed by atoms with Crippen molar-refractivity contribution in [2.24, 2.45) is 10.8 Å². The molecule has 1 aliphatic carbocycles. The van der Waals surface area contributed by atoms with E-state index >= 15 is 0 Å². The van der Waals surface area contributed by atoms with Crippen LogP contribution in [0.4, 0.5) is 5.13 Å². The lowest BCUT2D eigenvalue weighted by Crippen LogP contribution is -2.21. The minimum Gasteiger partial charge on any atom is -0.445 e. The third-order valence-electron chi connectivity index (χ3n) is 3.90. The first-order chi connectivity index (χ1) is 11.2. The molecular weight excluding hydrogens is 342 g/mol. The van der Waals surface area contributed by atoms with E-state index in [4.69, 9.17) is 4.42 Å². The highest BCUT2D eigenvalue weighted by molar-refractivity contribution is 8.00. The summed E-state index contributed by atoms with van der Waals surface area (Å²) in [5, 5.41) is 3.57. The predicted molar refractivity (Wildman–Crippen MR) is 97.3 cm³/mol. The van der Waals surface area contributed by atoms with E-state index in [0.717, 1.165) is 35.1 Å². The summed E-state index contributed by atoms with van der Waals surface area (Å²) in [5.41, 5.74) is 0.00739. The van der Waals surface area contributed by atoms with Crippen LogP contribution in [-0.4, -0.2) is 15.9 Å². The quantitative estimate of drug-likeness (QED) is 0.748. The van der Waals surface area contributed by atoms with Crippen LogP contribution in [0.15, 0.2) is 21.0 Å². The average molecular weight is 366 g/mol. The highest BCUT2D eigenvalue weighted by Gasteiger charge is 2.45. The smallest absolute Gasteiger partial charge is 0.232 e. The Morgan fingerprint density at radius 1 is 1.38 bits per heavy atom. The van der Waals surface area contributed by atoms with Crippen molar-refractivity contribution in [3.05, 3.63) is 24.0 Å². The van der Waals surface area contributed by atoms with Crippen LogP contribution in [-0.2, 0) is 17.0 Å². The summed E-state index contributed by atoms with van der Waals surface area (Å²) < 4.78 is 6.83. The van der Waals surface area contributed by atoms with Gasteiger partial charge in [-0.05, 0) is 18.3 Å².